The predicted molar refractivity (Wildman–Crippen MR) is 132 cm³/mol. The Morgan fingerprint density at radius 2 is 1.72 bits per heavy atom. The zero-order valence-electron chi connectivity index (χ0n) is 19.1. The van der Waals surface area contributed by atoms with Crippen LogP contribution in [0.2, 0.25) is 0 Å². The summed E-state index contributed by atoms with van der Waals surface area (Å²) >= 11 is 0. The Morgan fingerprint density at radius 1 is 0.969 bits per heavy atom. The molecule has 164 valence electrons. The molecule has 3 heterocycles. The van der Waals surface area contributed by atoms with Crippen LogP contribution in [0.1, 0.15) is 18.3 Å². The summed E-state index contributed by atoms with van der Waals surface area (Å²) in [4.78, 5) is 9.88. The fourth-order valence-electron chi connectivity index (χ4n) is 4.40. The topological polar surface area (TPSA) is 39.9 Å². The van der Waals surface area contributed by atoms with Crippen molar-refractivity contribution in [2.75, 3.05) is 45.2 Å². The molecule has 2 aromatic carbocycles. The highest BCUT2D eigenvalue weighted by Crippen LogP contribution is 2.27. The van der Waals surface area contributed by atoms with Gasteiger partial charge in [-0.15, -0.1) is 0 Å². The highest BCUT2D eigenvalue weighted by atomic mass is 15.4. The van der Waals surface area contributed by atoms with Crippen LogP contribution in [0.4, 0.5) is 5.69 Å². The average molecular weight is 427 g/mol. The summed E-state index contributed by atoms with van der Waals surface area (Å²) in [5, 5.41) is 6.62. The Labute approximate surface area is 189 Å². The first-order chi connectivity index (χ1) is 15.5. The summed E-state index contributed by atoms with van der Waals surface area (Å²) in [6.45, 7) is 11.2. The van der Waals surface area contributed by atoms with Gasteiger partial charge >= 0.3 is 0 Å². The number of fused-ring (bicyclic) bond motifs is 1. The van der Waals surface area contributed by atoms with Gasteiger partial charge in [0.05, 0.1) is 16.7 Å². The van der Waals surface area contributed by atoms with Gasteiger partial charge in [-0.25, -0.2) is 4.98 Å². The van der Waals surface area contributed by atoms with E-state index in [1.54, 1.807) is 0 Å². The fourth-order valence-corrected chi connectivity index (χ4v) is 4.40. The van der Waals surface area contributed by atoms with Gasteiger partial charge in [-0.2, -0.15) is 5.10 Å². The van der Waals surface area contributed by atoms with E-state index in [1.807, 2.05) is 12.1 Å². The molecule has 1 fully saturated rings. The summed E-state index contributed by atoms with van der Waals surface area (Å²) in [6, 6.07) is 17.2. The molecule has 0 amide bonds. The third-order valence-corrected chi connectivity index (χ3v) is 6.47. The molecule has 0 N–H and O–H groups in total. The number of hydrogen-bond donors (Lipinski definition) is 0. The van der Waals surface area contributed by atoms with Crippen molar-refractivity contribution in [3.63, 3.8) is 0 Å². The maximum Gasteiger partial charge on any atom is 0.161 e. The summed E-state index contributed by atoms with van der Waals surface area (Å²) in [6.07, 6.45) is 2.09. The summed E-state index contributed by atoms with van der Waals surface area (Å²) in [7, 11) is 4.13. The molecule has 0 atom stereocenters. The van der Waals surface area contributed by atoms with Crippen molar-refractivity contribution in [2.45, 2.75) is 13.5 Å². The van der Waals surface area contributed by atoms with Crippen LogP contribution in [0.5, 0.6) is 0 Å². The van der Waals surface area contributed by atoms with Gasteiger partial charge in [-0.1, -0.05) is 36.9 Å². The van der Waals surface area contributed by atoms with Gasteiger partial charge in [-0.05, 0) is 49.4 Å². The van der Waals surface area contributed by atoms with E-state index in [9.17, 15) is 0 Å². The van der Waals surface area contributed by atoms with Crippen molar-refractivity contribution < 1.29 is 0 Å². The van der Waals surface area contributed by atoms with Crippen LogP contribution in [-0.2, 0) is 6.54 Å². The van der Waals surface area contributed by atoms with Crippen LogP contribution in [-0.4, -0.2) is 65.4 Å². The lowest BCUT2D eigenvalue weighted by Crippen LogP contribution is -2.44. The molecule has 1 aromatic heterocycles. The van der Waals surface area contributed by atoms with Crippen molar-refractivity contribution in [1.82, 2.24) is 19.5 Å². The minimum Gasteiger partial charge on any atom is -0.369 e. The van der Waals surface area contributed by atoms with Crippen molar-refractivity contribution >= 4 is 22.4 Å². The van der Waals surface area contributed by atoms with Crippen LogP contribution >= 0.6 is 0 Å². The van der Waals surface area contributed by atoms with E-state index in [2.05, 4.69) is 89.5 Å². The molecule has 0 bridgehead atoms. The van der Waals surface area contributed by atoms with Gasteiger partial charge in [0.1, 0.15) is 5.71 Å². The van der Waals surface area contributed by atoms with Gasteiger partial charge in [0.15, 0.2) is 5.82 Å². The molecular weight excluding hydrogens is 396 g/mol. The number of allylic oxidation sites excluding steroid dienone is 2. The fraction of sp³-hybridized carbons (Fsp3) is 0.308. The molecule has 0 radical (unpaired) electrons. The highest BCUT2D eigenvalue weighted by molar-refractivity contribution is 6.09. The van der Waals surface area contributed by atoms with E-state index in [0.29, 0.717) is 0 Å². The molecule has 0 saturated carbocycles. The van der Waals surface area contributed by atoms with Gasteiger partial charge in [0.2, 0.25) is 0 Å². The third-order valence-electron chi connectivity index (χ3n) is 6.47. The van der Waals surface area contributed by atoms with Crippen molar-refractivity contribution in [2.24, 2.45) is 5.10 Å². The largest absolute Gasteiger partial charge is 0.369 e. The van der Waals surface area contributed by atoms with Crippen LogP contribution in [0.15, 0.2) is 77.6 Å². The molecular formula is C26H30N6. The number of hydrogen-bond acceptors (Lipinski definition) is 5. The third kappa shape index (κ3) is 3.82. The maximum atomic E-state index is 5.03. The molecule has 6 nitrogen and oxygen atoms in total. The number of anilines is 1. The lowest BCUT2D eigenvalue weighted by molar-refractivity contribution is 0.313. The normalized spacial score (nSPS) is 17.7. The molecule has 2 aliphatic heterocycles. The van der Waals surface area contributed by atoms with Gasteiger partial charge in [0.25, 0.3) is 0 Å². The maximum absolute atomic E-state index is 5.03. The van der Waals surface area contributed by atoms with Crippen molar-refractivity contribution in [1.29, 1.82) is 0 Å². The molecule has 6 heteroatoms. The van der Waals surface area contributed by atoms with E-state index in [1.165, 1.54) is 11.3 Å². The Hall–Kier alpha value is -3.38. The van der Waals surface area contributed by atoms with E-state index >= 15 is 0 Å². The average Bonchev–Trinajstić information content (AvgIpc) is 3.16. The number of hydrazone groups is 1. The Balaban J connectivity index is 1.62. The summed E-state index contributed by atoms with van der Waals surface area (Å²) in [5.74, 6) is 0.887. The first-order valence-electron chi connectivity index (χ1n) is 11.2. The zero-order chi connectivity index (χ0) is 22.2. The lowest BCUT2D eigenvalue weighted by Gasteiger charge is -2.34. The number of rotatable bonds is 4. The number of imidazole rings is 1. The quantitative estimate of drug-likeness (QED) is 0.634. The number of aromatic nitrogens is 2. The molecule has 3 aromatic rings. The summed E-state index contributed by atoms with van der Waals surface area (Å²) in [5.41, 5.74) is 7.52. The second kappa shape index (κ2) is 8.28. The molecule has 0 unspecified atom stereocenters. The number of benzene rings is 2. The van der Waals surface area contributed by atoms with Gasteiger partial charge < -0.3 is 14.4 Å². The molecule has 0 aliphatic carbocycles. The van der Waals surface area contributed by atoms with Gasteiger partial charge in [-0.3, -0.25) is 5.01 Å². The molecule has 2 aliphatic rings. The minimum atomic E-state index is 0.745. The highest BCUT2D eigenvalue weighted by Gasteiger charge is 2.21. The van der Waals surface area contributed by atoms with E-state index < -0.39 is 0 Å². The van der Waals surface area contributed by atoms with Crippen molar-refractivity contribution in [3.8, 4) is 0 Å². The Kier molecular flexibility index (Phi) is 5.31. The van der Waals surface area contributed by atoms with E-state index in [0.717, 1.165) is 66.6 Å². The monoisotopic (exact) mass is 426 g/mol. The standard InChI is InChI=1S/C26H30N6/c1-19-16-24(28-30(4)20(19)2)26-27-23-11-10-22(31-14-12-29(3)13-15-31)17-25(23)32(26)18-21-8-6-5-7-9-21/h5-11,16-17H,2,12-15,18H2,1,3-4H3. The van der Waals surface area contributed by atoms with Crippen molar-refractivity contribution in [3.05, 3.63) is 83.8 Å². The number of nitrogens with zero attached hydrogens (tertiary/aromatic N) is 6. The van der Waals surface area contributed by atoms with Gasteiger partial charge in [0, 0.05) is 45.5 Å². The van der Waals surface area contributed by atoms with Crippen LogP contribution in [0, 0.1) is 0 Å². The Bertz CT molecular complexity index is 1210. The minimum absolute atomic E-state index is 0.745. The predicted octanol–water partition coefficient (Wildman–Crippen LogP) is 3.95. The number of likely N-dealkylation sites (N-methyl/N-ethyl adjacent to an activating group) is 2. The second-order valence-corrected chi connectivity index (χ2v) is 8.75. The van der Waals surface area contributed by atoms with E-state index in [-0.39, 0.29) is 0 Å². The molecule has 1 saturated heterocycles. The van der Waals surface area contributed by atoms with E-state index in [4.69, 9.17) is 10.1 Å². The SMILES string of the molecule is C=C1C(C)=CC(c2nc3ccc(N4CCN(C)CC4)cc3n2Cc2ccccc2)=NN1C. The molecule has 32 heavy (non-hydrogen) atoms. The second-order valence-electron chi connectivity index (χ2n) is 8.75. The molecule has 0 spiro atoms. The smallest absolute Gasteiger partial charge is 0.161 e. The Morgan fingerprint density at radius 3 is 2.44 bits per heavy atom. The molecule has 5 rings (SSSR count). The van der Waals surface area contributed by atoms with Crippen LogP contribution < -0.4 is 4.90 Å². The summed E-state index contributed by atoms with van der Waals surface area (Å²) < 4.78 is 2.30. The van der Waals surface area contributed by atoms with Crippen LogP contribution in [0.25, 0.3) is 11.0 Å². The number of piperazine rings is 1. The zero-order valence-corrected chi connectivity index (χ0v) is 19.1. The van der Waals surface area contributed by atoms with Crippen LogP contribution in [0.3, 0.4) is 0 Å². The first-order valence-corrected chi connectivity index (χ1v) is 11.2. The first kappa shape index (κ1) is 20.5. The lowest BCUT2D eigenvalue weighted by atomic mass is 10.1.